The number of thiazole rings is 1. The number of carbonyl (C=O) groups excluding carboxylic acids is 1. The SMILES string of the molecule is Cc1cc(Cl)cc2sc(N(CC3CCCO3)C(=O)c3ccc(S(=O)(=O)N4CCCCCC4)cc3)nc12. The molecule has 0 bridgehead atoms. The molecule has 7 nitrogen and oxygen atoms in total. The zero-order valence-corrected chi connectivity index (χ0v) is 22.7. The van der Waals surface area contributed by atoms with Crippen molar-refractivity contribution in [2.45, 2.75) is 56.4 Å². The summed E-state index contributed by atoms with van der Waals surface area (Å²) in [4.78, 5) is 20.4. The van der Waals surface area contributed by atoms with Crippen molar-refractivity contribution < 1.29 is 17.9 Å². The molecular weight excluding hydrogens is 518 g/mol. The summed E-state index contributed by atoms with van der Waals surface area (Å²) >= 11 is 7.67. The molecule has 1 atom stereocenters. The third-order valence-corrected chi connectivity index (χ3v) is 9.99. The molecule has 0 spiro atoms. The fraction of sp³-hybridized carbons (Fsp3) is 0.462. The summed E-state index contributed by atoms with van der Waals surface area (Å²) in [6, 6.07) is 10.0. The number of sulfonamides is 1. The molecule has 2 aromatic carbocycles. The van der Waals surface area contributed by atoms with Crippen molar-refractivity contribution in [2.24, 2.45) is 0 Å². The number of hydrogen-bond donors (Lipinski definition) is 0. The van der Waals surface area contributed by atoms with Crippen LogP contribution in [0.2, 0.25) is 5.02 Å². The summed E-state index contributed by atoms with van der Waals surface area (Å²) in [6.07, 6.45) is 5.64. The van der Waals surface area contributed by atoms with E-state index in [4.69, 9.17) is 21.3 Å². The fourth-order valence-electron chi connectivity index (χ4n) is 4.85. The first kappa shape index (κ1) is 25.6. The third-order valence-electron chi connectivity index (χ3n) is 6.83. The number of aryl methyl sites for hydroxylation is 1. The number of aromatic nitrogens is 1. The van der Waals surface area contributed by atoms with Gasteiger partial charge in [0, 0.05) is 30.3 Å². The number of anilines is 1. The molecule has 0 aliphatic carbocycles. The smallest absolute Gasteiger partial charge is 0.260 e. The predicted molar refractivity (Wildman–Crippen MR) is 144 cm³/mol. The van der Waals surface area contributed by atoms with E-state index in [1.165, 1.54) is 11.3 Å². The highest BCUT2D eigenvalue weighted by Crippen LogP contribution is 2.34. The third kappa shape index (κ3) is 5.31. The van der Waals surface area contributed by atoms with Gasteiger partial charge in [0.15, 0.2) is 5.13 Å². The summed E-state index contributed by atoms with van der Waals surface area (Å²) in [5, 5.41) is 1.21. The number of ether oxygens (including phenoxy) is 1. The van der Waals surface area contributed by atoms with Gasteiger partial charge in [0.25, 0.3) is 5.91 Å². The Balaban J connectivity index is 1.44. The van der Waals surface area contributed by atoms with E-state index in [0.717, 1.165) is 54.3 Å². The topological polar surface area (TPSA) is 79.8 Å². The van der Waals surface area contributed by atoms with Gasteiger partial charge in [-0.25, -0.2) is 13.4 Å². The lowest BCUT2D eigenvalue weighted by atomic mass is 10.2. The molecule has 1 amide bonds. The molecule has 0 radical (unpaired) electrons. The van der Waals surface area contributed by atoms with Crippen LogP contribution < -0.4 is 4.90 Å². The molecule has 1 aromatic heterocycles. The molecule has 192 valence electrons. The van der Waals surface area contributed by atoms with Crippen LogP contribution in [0.25, 0.3) is 10.2 Å². The van der Waals surface area contributed by atoms with Gasteiger partial charge in [-0.05, 0) is 74.6 Å². The minimum Gasteiger partial charge on any atom is -0.376 e. The lowest BCUT2D eigenvalue weighted by molar-refractivity contribution is 0.0917. The molecule has 0 saturated carbocycles. The molecule has 1 unspecified atom stereocenters. The van der Waals surface area contributed by atoms with Crippen LogP contribution in [0.3, 0.4) is 0 Å². The number of carbonyl (C=O) groups is 1. The van der Waals surface area contributed by atoms with Crippen molar-refractivity contribution in [1.29, 1.82) is 0 Å². The summed E-state index contributed by atoms with van der Waals surface area (Å²) in [7, 11) is -3.58. The van der Waals surface area contributed by atoms with E-state index in [9.17, 15) is 13.2 Å². The average Bonchev–Trinajstić information content (AvgIpc) is 3.44. The van der Waals surface area contributed by atoms with Crippen LogP contribution >= 0.6 is 22.9 Å². The Hall–Kier alpha value is -2.04. The van der Waals surface area contributed by atoms with Crippen LogP contribution in [0.1, 0.15) is 54.4 Å². The van der Waals surface area contributed by atoms with Gasteiger partial charge in [-0.15, -0.1) is 0 Å². The Bertz CT molecular complexity index is 1340. The van der Waals surface area contributed by atoms with Gasteiger partial charge in [-0.2, -0.15) is 4.31 Å². The number of hydrogen-bond acceptors (Lipinski definition) is 6. The van der Waals surface area contributed by atoms with E-state index in [1.807, 2.05) is 19.1 Å². The Morgan fingerprint density at radius 1 is 1.14 bits per heavy atom. The second-order valence-electron chi connectivity index (χ2n) is 9.46. The first-order valence-electron chi connectivity index (χ1n) is 12.4. The molecule has 2 aliphatic rings. The molecule has 2 saturated heterocycles. The average molecular weight is 548 g/mol. The van der Waals surface area contributed by atoms with E-state index >= 15 is 0 Å². The maximum Gasteiger partial charge on any atom is 0.260 e. The Labute approximate surface area is 221 Å². The van der Waals surface area contributed by atoms with Gasteiger partial charge in [-0.3, -0.25) is 9.69 Å². The fourth-order valence-corrected chi connectivity index (χ4v) is 7.80. The number of amides is 1. The zero-order valence-electron chi connectivity index (χ0n) is 20.3. The normalized spacial score (nSPS) is 19.4. The summed E-state index contributed by atoms with van der Waals surface area (Å²) in [5.74, 6) is -0.230. The number of halogens is 1. The van der Waals surface area contributed by atoms with Crippen molar-refractivity contribution in [2.75, 3.05) is 31.1 Å². The van der Waals surface area contributed by atoms with Gasteiger partial charge >= 0.3 is 0 Å². The highest BCUT2D eigenvalue weighted by atomic mass is 35.5. The van der Waals surface area contributed by atoms with Crippen LogP contribution in [0, 0.1) is 6.92 Å². The van der Waals surface area contributed by atoms with Gasteiger partial charge in [0.2, 0.25) is 10.0 Å². The van der Waals surface area contributed by atoms with E-state index in [0.29, 0.717) is 42.0 Å². The van der Waals surface area contributed by atoms with Crippen LogP contribution in [0.5, 0.6) is 0 Å². The quantitative estimate of drug-likeness (QED) is 0.398. The van der Waals surface area contributed by atoms with E-state index in [1.54, 1.807) is 33.5 Å². The number of rotatable bonds is 6. The van der Waals surface area contributed by atoms with E-state index < -0.39 is 10.0 Å². The molecule has 2 fully saturated rings. The second-order valence-corrected chi connectivity index (χ2v) is 12.8. The lowest BCUT2D eigenvalue weighted by Gasteiger charge is -2.23. The first-order valence-corrected chi connectivity index (χ1v) is 15.1. The molecule has 10 heteroatoms. The van der Waals surface area contributed by atoms with Gasteiger partial charge < -0.3 is 4.74 Å². The van der Waals surface area contributed by atoms with Gasteiger partial charge in [-0.1, -0.05) is 35.8 Å². The van der Waals surface area contributed by atoms with Crippen molar-refractivity contribution in [3.05, 3.63) is 52.5 Å². The predicted octanol–water partition coefficient (Wildman–Crippen LogP) is 5.65. The number of benzene rings is 2. The number of nitrogens with zero attached hydrogens (tertiary/aromatic N) is 3. The summed E-state index contributed by atoms with van der Waals surface area (Å²) in [5.41, 5.74) is 2.19. The molecule has 3 heterocycles. The summed E-state index contributed by atoms with van der Waals surface area (Å²) in [6.45, 7) is 4.11. The molecule has 2 aliphatic heterocycles. The molecular formula is C26H30ClN3O4S2. The largest absolute Gasteiger partial charge is 0.376 e. The van der Waals surface area contributed by atoms with Crippen molar-refractivity contribution >= 4 is 54.2 Å². The minimum absolute atomic E-state index is 0.0617. The first-order chi connectivity index (χ1) is 17.3. The van der Waals surface area contributed by atoms with Crippen molar-refractivity contribution in [3.63, 3.8) is 0 Å². The van der Waals surface area contributed by atoms with Crippen LogP contribution in [0.4, 0.5) is 5.13 Å². The van der Waals surface area contributed by atoms with Crippen molar-refractivity contribution in [1.82, 2.24) is 9.29 Å². The van der Waals surface area contributed by atoms with E-state index in [-0.39, 0.29) is 16.9 Å². The standard InChI is InChI=1S/C26H30ClN3O4S2/c1-18-15-20(27)16-23-24(18)28-26(35-23)30(17-21-7-6-14-34-21)25(31)19-8-10-22(11-9-19)36(32,33)29-12-4-2-3-5-13-29/h8-11,15-16,21H,2-7,12-14,17H2,1H3. The second kappa shape index (κ2) is 10.8. The van der Waals surface area contributed by atoms with Crippen LogP contribution in [-0.4, -0.2) is 56.0 Å². The van der Waals surface area contributed by atoms with Crippen LogP contribution in [0.15, 0.2) is 41.3 Å². The van der Waals surface area contributed by atoms with E-state index in [2.05, 4.69) is 0 Å². The monoisotopic (exact) mass is 547 g/mol. The summed E-state index contributed by atoms with van der Waals surface area (Å²) < 4.78 is 34.6. The minimum atomic E-state index is -3.58. The Morgan fingerprint density at radius 3 is 2.53 bits per heavy atom. The van der Waals surface area contributed by atoms with Crippen molar-refractivity contribution in [3.8, 4) is 0 Å². The maximum absolute atomic E-state index is 13.7. The Morgan fingerprint density at radius 2 is 1.86 bits per heavy atom. The molecule has 5 rings (SSSR count). The van der Waals surface area contributed by atoms with Gasteiger partial charge in [0.05, 0.1) is 27.8 Å². The molecule has 0 N–H and O–H groups in total. The lowest BCUT2D eigenvalue weighted by Crippen LogP contribution is -2.37. The van der Waals surface area contributed by atoms with Gasteiger partial charge in [0.1, 0.15) is 0 Å². The Kier molecular flexibility index (Phi) is 7.65. The molecule has 3 aromatic rings. The van der Waals surface area contributed by atoms with Crippen LogP contribution in [-0.2, 0) is 14.8 Å². The highest BCUT2D eigenvalue weighted by molar-refractivity contribution is 7.89. The zero-order chi connectivity index (χ0) is 25.3. The molecule has 36 heavy (non-hydrogen) atoms. The number of fused-ring (bicyclic) bond motifs is 1. The highest BCUT2D eigenvalue weighted by Gasteiger charge is 2.29. The maximum atomic E-state index is 13.7.